The number of halogens is 1. The number of carbonyl (C=O) groups excluding carboxylic acids is 2. The fourth-order valence-electron chi connectivity index (χ4n) is 2.17. The third-order valence-electron chi connectivity index (χ3n) is 3.25. The minimum absolute atomic E-state index is 0.0313. The molecule has 6 heteroatoms. The van der Waals surface area contributed by atoms with Crippen LogP contribution in [-0.2, 0) is 9.59 Å². The fraction of sp³-hybridized carbons (Fsp3) is 0. The van der Waals surface area contributed by atoms with Crippen molar-refractivity contribution in [1.29, 1.82) is 0 Å². The number of nitrogens with zero attached hydrogens (tertiary/aromatic N) is 2. The molecule has 0 fully saturated rings. The summed E-state index contributed by atoms with van der Waals surface area (Å²) in [6.07, 6.45) is 1.45. The van der Waals surface area contributed by atoms with Crippen LogP contribution < -0.4 is 10.1 Å². The SMILES string of the molecule is O=C([O-])C1=NN(c2ccccc2)C(=O)/C1=C\c1ccc(Cl)cc1. The molecule has 2 aromatic rings. The van der Waals surface area contributed by atoms with Crippen molar-refractivity contribution < 1.29 is 14.7 Å². The van der Waals surface area contributed by atoms with Gasteiger partial charge < -0.3 is 9.90 Å². The van der Waals surface area contributed by atoms with Crippen molar-refractivity contribution in [2.45, 2.75) is 0 Å². The Bertz CT molecular complexity index is 827. The van der Waals surface area contributed by atoms with Crippen LogP contribution in [0.25, 0.3) is 6.08 Å². The quantitative estimate of drug-likeness (QED) is 0.809. The molecule has 0 N–H and O–H groups in total. The van der Waals surface area contributed by atoms with Crippen LogP contribution in [0.2, 0.25) is 5.02 Å². The third kappa shape index (κ3) is 3.00. The van der Waals surface area contributed by atoms with Gasteiger partial charge in [0.15, 0.2) is 0 Å². The number of carboxylic acids is 1. The Morgan fingerprint density at radius 3 is 2.35 bits per heavy atom. The molecule has 1 aliphatic heterocycles. The maximum absolute atomic E-state index is 12.5. The summed E-state index contributed by atoms with van der Waals surface area (Å²) in [5.41, 5.74) is 0.697. The summed E-state index contributed by atoms with van der Waals surface area (Å²) in [4.78, 5) is 23.8. The van der Waals surface area contributed by atoms with E-state index in [-0.39, 0.29) is 5.57 Å². The maximum atomic E-state index is 12.5. The van der Waals surface area contributed by atoms with E-state index in [4.69, 9.17) is 11.6 Å². The second-order valence-corrected chi connectivity index (χ2v) is 5.23. The Labute approximate surface area is 137 Å². The average Bonchev–Trinajstić information content (AvgIpc) is 2.88. The number of aliphatic carboxylic acids is 1. The van der Waals surface area contributed by atoms with Gasteiger partial charge in [0.25, 0.3) is 5.91 Å². The van der Waals surface area contributed by atoms with Gasteiger partial charge in [0.2, 0.25) is 0 Å². The summed E-state index contributed by atoms with van der Waals surface area (Å²) >= 11 is 5.82. The highest BCUT2D eigenvalue weighted by Gasteiger charge is 2.31. The number of rotatable bonds is 3. The van der Waals surface area contributed by atoms with E-state index in [1.54, 1.807) is 54.6 Å². The molecule has 2 aromatic carbocycles. The molecule has 23 heavy (non-hydrogen) atoms. The highest BCUT2D eigenvalue weighted by Crippen LogP contribution is 2.25. The smallest absolute Gasteiger partial charge is 0.281 e. The highest BCUT2D eigenvalue weighted by atomic mass is 35.5. The average molecular weight is 326 g/mol. The van der Waals surface area contributed by atoms with Crippen molar-refractivity contribution in [2.75, 3.05) is 5.01 Å². The lowest BCUT2D eigenvalue weighted by Gasteiger charge is -2.10. The largest absolute Gasteiger partial charge is 0.543 e. The molecular formula is C17H10ClN2O3-. The molecule has 3 rings (SSSR count). The zero-order valence-corrected chi connectivity index (χ0v) is 12.5. The number of carbonyl (C=O) groups is 2. The minimum atomic E-state index is -1.50. The number of benzene rings is 2. The molecule has 0 saturated heterocycles. The summed E-state index contributed by atoms with van der Waals surface area (Å²) < 4.78 is 0. The minimum Gasteiger partial charge on any atom is -0.543 e. The van der Waals surface area contributed by atoms with Gasteiger partial charge >= 0.3 is 0 Å². The molecule has 114 valence electrons. The van der Waals surface area contributed by atoms with Gasteiger partial charge in [-0.15, -0.1) is 0 Å². The first kappa shape index (κ1) is 15.0. The van der Waals surface area contributed by atoms with E-state index in [0.29, 0.717) is 16.3 Å². The van der Waals surface area contributed by atoms with E-state index in [1.165, 1.54) is 6.08 Å². The summed E-state index contributed by atoms with van der Waals surface area (Å²) in [7, 11) is 0. The number of amides is 1. The van der Waals surface area contributed by atoms with E-state index in [9.17, 15) is 14.7 Å². The van der Waals surface area contributed by atoms with E-state index in [2.05, 4.69) is 5.10 Å². The fourth-order valence-corrected chi connectivity index (χ4v) is 2.29. The van der Waals surface area contributed by atoms with Gasteiger partial charge in [-0.3, -0.25) is 4.79 Å². The Balaban J connectivity index is 2.03. The van der Waals surface area contributed by atoms with E-state index < -0.39 is 17.6 Å². The lowest BCUT2D eigenvalue weighted by atomic mass is 10.1. The number of hydrazone groups is 1. The Morgan fingerprint density at radius 2 is 1.74 bits per heavy atom. The molecule has 5 nitrogen and oxygen atoms in total. The molecule has 0 unspecified atom stereocenters. The molecule has 0 spiro atoms. The molecule has 0 bridgehead atoms. The third-order valence-corrected chi connectivity index (χ3v) is 3.50. The standard InChI is InChI=1S/C17H11ClN2O3/c18-12-8-6-11(7-9-12)10-14-15(17(22)23)19-20(16(14)21)13-4-2-1-3-5-13/h1-10H,(H,22,23)/p-1/b14-10-. The van der Waals surface area contributed by atoms with Crippen LogP contribution in [0.4, 0.5) is 5.69 Å². The van der Waals surface area contributed by atoms with Gasteiger partial charge in [0.1, 0.15) is 5.71 Å². The molecular weight excluding hydrogens is 316 g/mol. The number of carboxylic acid groups (broad SMARTS) is 1. The lowest BCUT2D eigenvalue weighted by molar-refractivity contribution is -0.294. The van der Waals surface area contributed by atoms with Crippen LogP contribution in [-0.4, -0.2) is 17.6 Å². The first-order valence-electron chi connectivity index (χ1n) is 6.73. The summed E-state index contributed by atoms with van der Waals surface area (Å²) in [5, 5.41) is 16.8. The van der Waals surface area contributed by atoms with Crippen molar-refractivity contribution in [2.24, 2.45) is 5.10 Å². The van der Waals surface area contributed by atoms with Gasteiger partial charge in [-0.05, 0) is 35.9 Å². The topological polar surface area (TPSA) is 72.8 Å². The molecule has 1 heterocycles. The van der Waals surface area contributed by atoms with Gasteiger partial charge in [0, 0.05) is 5.02 Å². The second kappa shape index (κ2) is 6.06. The highest BCUT2D eigenvalue weighted by molar-refractivity contribution is 6.53. The zero-order chi connectivity index (χ0) is 16.4. The predicted octanol–water partition coefficient (Wildman–Crippen LogP) is 1.88. The monoisotopic (exact) mass is 325 g/mol. The van der Waals surface area contributed by atoms with Crippen molar-refractivity contribution in [3.63, 3.8) is 0 Å². The van der Waals surface area contributed by atoms with Crippen LogP contribution in [0.1, 0.15) is 5.56 Å². The van der Waals surface area contributed by atoms with Crippen LogP contribution >= 0.6 is 11.6 Å². The van der Waals surface area contributed by atoms with Crippen LogP contribution in [0, 0.1) is 0 Å². The van der Waals surface area contributed by atoms with Crippen LogP contribution in [0.5, 0.6) is 0 Å². The Morgan fingerprint density at radius 1 is 1.09 bits per heavy atom. The summed E-state index contributed by atoms with van der Waals surface area (Å²) in [5.74, 6) is -2.03. The summed E-state index contributed by atoms with van der Waals surface area (Å²) in [6, 6.07) is 15.3. The van der Waals surface area contributed by atoms with Crippen molar-refractivity contribution >= 4 is 41.0 Å². The second-order valence-electron chi connectivity index (χ2n) is 4.80. The summed E-state index contributed by atoms with van der Waals surface area (Å²) in [6.45, 7) is 0. The first-order chi connectivity index (χ1) is 11.1. The first-order valence-corrected chi connectivity index (χ1v) is 7.11. The molecule has 0 saturated carbocycles. The molecule has 1 aliphatic rings. The molecule has 1 amide bonds. The number of anilines is 1. The number of hydrogen-bond donors (Lipinski definition) is 0. The predicted molar refractivity (Wildman–Crippen MR) is 85.8 cm³/mol. The number of hydrogen-bond acceptors (Lipinski definition) is 4. The molecule has 0 aromatic heterocycles. The van der Waals surface area contributed by atoms with Gasteiger partial charge in [-0.1, -0.05) is 41.9 Å². The van der Waals surface area contributed by atoms with Crippen molar-refractivity contribution in [3.05, 3.63) is 70.8 Å². The Hall–Kier alpha value is -2.92. The van der Waals surface area contributed by atoms with E-state index in [0.717, 1.165) is 5.01 Å². The molecule has 0 atom stereocenters. The Kier molecular flexibility index (Phi) is 3.95. The lowest BCUT2D eigenvalue weighted by Crippen LogP contribution is -2.32. The molecule has 0 aliphatic carbocycles. The van der Waals surface area contributed by atoms with Gasteiger partial charge in [-0.25, -0.2) is 0 Å². The normalized spacial score (nSPS) is 15.9. The van der Waals surface area contributed by atoms with Gasteiger partial charge in [-0.2, -0.15) is 10.1 Å². The number of para-hydroxylation sites is 1. The van der Waals surface area contributed by atoms with E-state index >= 15 is 0 Å². The van der Waals surface area contributed by atoms with Crippen LogP contribution in [0.15, 0.2) is 65.3 Å². The molecule has 0 radical (unpaired) electrons. The van der Waals surface area contributed by atoms with Crippen molar-refractivity contribution in [1.82, 2.24) is 0 Å². The van der Waals surface area contributed by atoms with Crippen molar-refractivity contribution in [3.8, 4) is 0 Å². The zero-order valence-electron chi connectivity index (χ0n) is 11.8. The van der Waals surface area contributed by atoms with Crippen LogP contribution in [0.3, 0.4) is 0 Å². The van der Waals surface area contributed by atoms with E-state index in [1.807, 2.05) is 0 Å². The van der Waals surface area contributed by atoms with Gasteiger partial charge in [0.05, 0.1) is 17.2 Å². The maximum Gasteiger partial charge on any atom is 0.281 e.